The van der Waals surface area contributed by atoms with Gasteiger partial charge in [-0.05, 0) is 11.6 Å². The van der Waals surface area contributed by atoms with Gasteiger partial charge in [-0.3, -0.25) is 9.78 Å². The van der Waals surface area contributed by atoms with E-state index in [0.29, 0.717) is 5.56 Å². The maximum Gasteiger partial charge on any atom is 0.433 e. The zero-order valence-electron chi connectivity index (χ0n) is 8.58. The van der Waals surface area contributed by atoms with E-state index in [4.69, 9.17) is 5.26 Å². The van der Waals surface area contributed by atoms with Crippen LogP contribution in [-0.2, 0) is 16.4 Å². The molecule has 2 rings (SSSR count). The van der Waals surface area contributed by atoms with Gasteiger partial charge in [0.25, 0.3) is 0 Å². The number of ketones is 1. The SMILES string of the molecule is N#CC1(c2ccc(C(F)(F)F)nc2)CC(=O)C1. The van der Waals surface area contributed by atoms with E-state index in [-0.39, 0.29) is 18.6 Å². The molecule has 0 atom stereocenters. The third-order valence-corrected chi connectivity index (χ3v) is 2.82. The van der Waals surface area contributed by atoms with Crippen LogP contribution in [0.4, 0.5) is 13.2 Å². The van der Waals surface area contributed by atoms with E-state index in [1.807, 2.05) is 6.07 Å². The van der Waals surface area contributed by atoms with E-state index in [0.717, 1.165) is 12.3 Å². The third kappa shape index (κ3) is 1.88. The lowest BCUT2D eigenvalue weighted by molar-refractivity contribution is -0.141. The molecule has 1 aromatic heterocycles. The summed E-state index contributed by atoms with van der Waals surface area (Å²) in [6.45, 7) is 0. The average molecular weight is 240 g/mol. The molecule has 0 N–H and O–H groups in total. The molecule has 0 aromatic carbocycles. The fraction of sp³-hybridized carbons (Fsp3) is 0.364. The number of hydrogen-bond acceptors (Lipinski definition) is 3. The Morgan fingerprint density at radius 1 is 1.35 bits per heavy atom. The summed E-state index contributed by atoms with van der Waals surface area (Å²) in [7, 11) is 0. The maximum absolute atomic E-state index is 12.3. The summed E-state index contributed by atoms with van der Waals surface area (Å²) in [4.78, 5) is 14.2. The Kier molecular flexibility index (Phi) is 2.42. The molecule has 17 heavy (non-hydrogen) atoms. The first-order chi connectivity index (χ1) is 7.87. The number of carbonyl (C=O) groups excluding carboxylic acids is 1. The summed E-state index contributed by atoms with van der Waals surface area (Å²) in [6.07, 6.45) is -3.36. The Morgan fingerprint density at radius 3 is 2.35 bits per heavy atom. The van der Waals surface area contributed by atoms with E-state index >= 15 is 0 Å². The Morgan fingerprint density at radius 2 is 2.00 bits per heavy atom. The van der Waals surface area contributed by atoms with Crippen molar-refractivity contribution in [2.24, 2.45) is 0 Å². The Balaban J connectivity index is 2.31. The van der Waals surface area contributed by atoms with Gasteiger partial charge < -0.3 is 0 Å². The van der Waals surface area contributed by atoms with Crippen molar-refractivity contribution < 1.29 is 18.0 Å². The number of carbonyl (C=O) groups is 1. The van der Waals surface area contributed by atoms with E-state index < -0.39 is 17.3 Å². The average Bonchev–Trinajstić information content (AvgIpc) is 2.23. The molecule has 1 aliphatic rings. The second kappa shape index (κ2) is 3.55. The third-order valence-electron chi connectivity index (χ3n) is 2.82. The molecule has 88 valence electrons. The van der Waals surface area contributed by atoms with E-state index in [2.05, 4.69) is 4.98 Å². The van der Waals surface area contributed by atoms with Crippen molar-refractivity contribution in [3.8, 4) is 6.07 Å². The first-order valence-corrected chi connectivity index (χ1v) is 4.84. The minimum absolute atomic E-state index is 0.0521. The highest BCUT2D eigenvalue weighted by Crippen LogP contribution is 2.40. The summed E-state index contributed by atoms with van der Waals surface area (Å²) in [5.41, 5.74) is -1.61. The van der Waals surface area contributed by atoms with Gasteiger partial charge in [0.1, 0.15) is 11.5 Å². The normalized spacial score (nSPS) is 18.4. The lowest BCUT2D eigenvalue weighted by atomic mass is 9.65. The summed E-state index contributed by atoms with van der Waals surface area (Å²) in [5.74, 6) is -0.0635. The number of rotatable bonds is 1. The van der Waals surface area contributed by atoms with Crippen molar-refractivity contribution in [1.82, 2.24) is 4.98 Å². The van der Waals surface area contributed by atoms with Crippen LogP contribution in [0.25, 0.3) is 0 Å². The zero-order valence-corrected chi connectivity index (χ0v) is 8.58. The summed E-state index contributed by atoms with van der Waals surface area (Å²) in [5, 5.41) is 8.98. The van der Waals surface area contributed by atoms with Crippen LogP contribution >= 0.6 is 0 Å². The van der Waals surface area contributed by atoms with Crippen molar-refractivity contribution in [2.45, 2.75) is 24.4 Å². The number of Topliss-reactive ketones (excluding diaryl/α,β-unsaturated/α-hetero) is 1. The predicted octanol–water partition coefficient (Wildman–Crippen LogP) is 2.22. The van der Waals surface area contributed by atoms with Crippen LogP contribution in [0.15, 0.2) is 18.3 Å². The van der Waals surface area contributed by atoms with Gasteiger partial charge >= 0.3 is 6.18 Å². The van der Waals surface area contributed by atoms with Crippen molar-refractivity contribution >= 4 is 5.78 Å². The molecule has 0 unspecified atom stereocenters. The van der Waals surface area contributed by atoms with Crippen LogP contribution in [0.5, 0.6) is 0 Å². The molecule has 0 radical (unpaired) electrons. The molecule has 1 fully saturated rings. The standard InChI is InChI=1S/C11H7F3N2O/c12-11(13,14)9-2-1-7(5-16-9)10(6-15)3-8(17)4-10/h1-2,5H,3-4H2. The molecule has 0 bridgehead atoms. The monoisotopic (exact) mass is 240 g/mol. The summed E-state index contributed by atoms with van der Waals surface area (Å²) in [6, 6.07) is 4.02. The van der Waals surface area contributed by atoms with Crippen LogP contribution < -0.4 is 0 Å². The first-order valence-electron chi connectivity index (χ1n) is 4.84. The number of pyridine rings is 1. The van der Waals surface area contributed by atoms with Gasteiger partial charge in [-0.25, -0.2) is 0 Å². The fourth-order valence-electron chi connectivity index (χ4n) is 1.81. The van der Waals surface area contributed by atoms with Crippen LogP contribution in [0.1, 0.15) is 24.1 Å². The zero-order chi connectivity index (χ0) is 12.7. The van der Waals surface area contributed by atoms with Crippen molar-refractivity contribution in [2.75, 3.05) is 0 Å². The molecule has 0 amide bonds. The molecular weight excluding hydrogens is 233 g/mol. The van der Waals surface area contributed by atoms with Gasteiger partial charge in [-0.1, -0.05) is 6.07 Å². The van der Waals surface area contributed by atoms with Gasteiger partial charge in [-0.2, -0.15) is 18.4 Å². The largest absolute Gasteiger partial charge is 0.433 e. The molecule has 0 aliphatic heterocycles. The highest BCUT2D eigenvalue weighted by Gasteiger charge is 2.46. The number of hydrogen-bond donors (Lipinski definition) is 0. The maximum atomic E-state index is 12.3. The Labute approximate surface area is 94.9 Å². The van der Waals surface area contributed by atoms with E-state index in [9.17, 15) is 18.0 Å². The summed E-state index contributed by atoms with van der Waals surface area (Å²) >= 11 is 0. The number of halogens is 3. The van der Waals surface area contributed by atoms with Gasteiger partial charge in [0.05, 0.1) is 11.5 Å². The van der Waals surface area contributed by atoms with Crippen LogP contribution in [-0.4, -0.2) is 10.8 Å². The van der Waals surface area contributed by atoms with E-state index in [1.54, 1.807) is 0 Å². The quantitative estimate of drug-likeness (QED) is 0.756. The molecule has 1 aromatic rings. The number of aromatic nitrogens is 1. The molecule has 6 heteroatoms. The Hall–Kier alpha value is -1.90. The topological polar surface area (TPSA) is 53.8 Å². The van der Waals surface area contributed by atoms with E-state index in [1.165, 1.54) is 6.07 Å². The second-order valence-electron chi connectivity index (χ2n) is 4.02. The van der Waals surface area contributed by atoms with Gasteiger partial charge in [0.2, 0.25) is 0 Å². The Bertz CT molecular complexity index is 491. The lowest BCUT2D eigenvalue weighted by Gasteiger charge is -2.33. The van der Waals surface area contributed by atoms with Gasteiger partial charge in [-0.15, -0.1) is 0 Å². The molecule has 1 heterocycles. The summed E-state index contributed by atoms with van der Waals surface area (Å²) < 4.78 is 36.8. The van der Waals surface area contributed by atoms with Crippen molar-refractivity contribution in [3.63, 3.8) is 0 Å². The predicted molar refractivity (Wildman–Crippen MR) is 50.8 cm³/mol. The first kappa shape index (κ1) is 11.6. The highest BCUT2D eigenvalue weighted by molar-refractivity contribution is 5.90. The van der Waals surface area contributed by atoms with Crippen LogP contribution in [0.3, 0.4) is 0 Å². The minimum atomic E-state index is -4.49. The molecular formula is C11H7F3N2O. The minimum Gasteiger partial charge on any atom is -0.300 e. The molecule has 0 spiro atoms. The smallest absolute Gasteiger partial charge is 0.300 e. The molecule has 0 saturated heterocycles. The molecule has 1 saturated carbocycles. The number of nitriles is 1. The van der Waals surface area contributed by atoms with Crippen LogP contribution in [0.2, 0.25) is 0 Å². The molecule has 1 aliphatic carbocycles. The van der Waals surface area contributed by atoms with Crippen LogP contribution in [0, 0.1) is 11.3 Å². The lowest BCUT2D eigenvalue weighted by Crippen LogP contribution is -2.40. The number of nitrogens with zero attached hydrogens (tertiary/aromatic N) is 2. The molecule has 3 nitrogen and oxygen atoms in total. The number of alkyl halides is 3. The fourth-order valence-corrected chi connectivity index (χ4v) is 1.81. The van der Waals surface area contributed by atoms with Crippen molar-refractivity contribution in [1.29, 1.82) is 5.26 Å². The van der Waals surface area contributed by atoms with Crippen molar-refractivity contribution in [3.05, 3.63) is 29.6 Å². The van der Waals surface area contributed by atoms with Gasteiger partial charge in [0, 0.05) is 19.0 Å². The van der Waals surface area contributed by atoms with Gasteiger partial charge in [0.15, 0.2) is 0 Å². The second-order valence-corrected chi connectivity index (χ2v) is 4.02. The highest BCUT2D eigenvalue weighted by atomic mass is 19.4.